The topological polar surface area (TPSA) is 61.6 Å². The van der Waals surface area contributed by atoms with Crippen molar-refractivity contribution in [3.8, 4) is 0 Å². The van der Waals surface area contributed by atoms with E-state index in [-0.39, 0.29) is 12.0 Å². The van der Waals surface area contributed by atoms with Crippen LogP contribution in [0.4, 0.5) is 0 Å². The highest BCUT2D eigenvalue weighted by atomic mass is 16.3. The van der Waals surface area contributed by atoms with Gasteiger partial charge in [-0.05, 0) is 36.2 Å². The van der Waals surface area contributed by atoms with Gasteiger partial charge in [-0.2, -0.15) is 0 Å². The molecule has 1 saturated heterocycles. The molecule has 0 aromatic carbocycles. The summed E-state index contributed by atoms with van der Waals surface area (Å²) in [6.07, 6.45) is 5.97. The van der Waals surface area contributed by atoms with E-state index in [1.165, 1.54) is 0 Å². The Labute approximate surface area is 148 Å². The highest BCUT2D eigenvalue weighted by molar-refractivity contribution is 5.92. The van der Waals surface area contributed by atoms with E-state index in [1.54, 1.807) is 12.4 Å². The van der Waals surface area contributed by atoms with Gasteiger partial charge in [0.1, 0.15) is 5.69 Å². The van der Waals surface area contributed by atoms with Gasteiger partial charge in [0.2, 0.25) is 0 Å². The molecule has 1 fully saturated rings. The molecule has 0 bridgehead atoms. The van der Waals surface area contributed by atoms with Crippen LogP contribution < -0.4 is 0 Å². The van der Waals surface area contributed by atoms with Crippen LogP contribution in [-0.4, -0.2) is 69.2 Å². The monoisotopic (exact) mass is 342 g/mol. The highest BCUT2D eigenvalue weighted by Crippen LogP contribution is 2.13. The predicted molar refractivity (Wildman–Crippen MR) is 96.4 cm³/mol. The Hall–Kier alpha value is -2.18. The Morgan fingerprint density at radius 3 is 2.60 bits per heavy atom. The minimum absolute atomic E-state index is 0.0785. The summed E-state index contributed by atoms with van der Waals surface area (Å²) in [6.45, 7) is 6.38. The number of β-amino-alcohol motifs (C(OH)–C–C–N with tert-alkyl or cyclic N) is 1. The molecule has 25 heavy (non-hydrogen) atoms. The average Bonchev–Trinajstić information content (AvgIpc) is 3.10. The summed E-state index contributed by atoms with van der Waals surface area (Å²) in [5.74, 6) is 0.0785. The lowest BCUT2D eigenvalue weighted by Gasteiger charge is -2.35. The first-order chi connectivity index (χ1) is 12.2. The van der Waals surface area contributed by atoms with Gasteiger partial charge in [0.05, 0.1) is 6.10 Å². The number of carbonyl (C=O) groups excluding carboxylic acids is 1. The van der Waals surface area contributed by atoms with Gasteiger partial charge >= 0.3 is 0 Å². The molecule has 0 spiro atoms. The van der Waals surface area contributed by atoms with Crippen molar-refractivity contribution in [3.63, 3.8) is 0 Å². The lowest BCUT2D eigenvalue weighted by Crippen LogP contribution is -2.50. The summed E-state index contributed by atoms with van der Waals surface area (Å²) >= 11 is 0. The SMILES string of the molecule is CC[C@H](O)CN1CCN(C(=O)c2cccn2Cc2ccncc2)CC1. The molecule has 6 heteroatoms. The number of amides is 1. The van der Waals surface area contributed by atoms with Gasteiger partial charge in [-0.1, -0.05) is 6.92 Å². The van der Waals surface area contributed by atoms with Gasteiger partial charge in [0.15, 0.2) is 0 Å². The minimum Gasteiger partial charge on any atom is -0.392 e. The van der Waals surface area contributed by atoms with Crippen LogP contribution in [0.2, 0.25) is 0 Å². The third kappa shape index (κ3) is 4.46. The number of aliphatic hydroxyl groups excluding tert-OH is 1. The molecule has 1 amide bonds. The first-order valence-corrected chi connectivity index (χ1v) is 8.91. The molecule has 0 aliphatic carbocycles. The molecule has 1 N–H and O–H groups in total. The van der Waals surface area contributed by atoms with Crippen molar-refractivity contribution >= 4 is 5.91 Å². The molecule has 0 radical (unpaired) electrons. The fraction of sp³-hybridized carbons (Fsp3) is 0.474. The zero-order valence-electron chi connectivity index (χ0n) is 14.7. The van der Waals surface area contributed by atoms with E-state index in [9.17, 15) is 9.90 Å². The molecule has 0 unspecified atom stereocenters. The van der Waals surface area contributed by atoms with Crippen LogP contribution in [0.1, 0.15) is 29.4 Å². The van der Waals surface area contributed by atoms with Crippen LogP contribution >= 0.6 is 0 Å². The van der Waals surface area contributed by atoms with Crippen LogP contribution in [0.5, 0.6) is 0 Å². The van der Waals surface area contributed by atoms with Gasteiger partial charge in [0.25, 0.3) is 5.91 Å². The second kappa shape index (κ2) is 8.27. The first kappa shape index (κ1) is 17.6. The number of carbonyl (C=O) groups is 1. The molecule has 3 rings (SSSR count). The third-order valence-corrected chi connectivity index (χ3v) is 4.75. The van der Waals surface area contributed by atoms with E-state index in [1.807, 2.05) is 46.9 Å². The molecule has 1 atom stereocenters. The summed E-state index contributed by atoms with van der Waals surface area (Å²) < 4.78 is 1.99. The molecule has 1 aliphatic heterocycles. The van der Waals surface area contributed by atoms with Gasteiger partial charge < -0.3 is 14.6 Å². The minimum atomic E-state index is -0.278. The molecule has 134 valence electrons. The van der Waals surface area contributed by atoms with Crippen molar-refractivity contribution in [1.82, 2.24) is 19.4 Å². The number of piperazine rings is 1. The highest BCUT2D eigenvalue weighted by Gasteiger charge is 2.24. The van der Waals surface area contributed by atoms with Crippen LogP contribution in [0.15, 0.2) is 42.9 Å². The maximum atomic E-state index is 12.9. The second-order valence-corrected chi connectivity index (χ2v) is 6.53. The summed E-state index contributed by atoms with van der Waals surface area (Å²) in [5, 5.41) is 9.78. The molecule has 0 saturated carbocycles. The summed E-state index contributed by atoms with van der Waals surface area (Å²) in [6, 6.07) is 7.73. The Morgan fingerprint density at radius 1 is 1.20 bits per heavy atom. The Kier molecular flexibility index (Phi) is 5.83. The molecule has 2 aromatic rings. The molecule has 2 aromatic heterocycles. The lowest BCUT2D eigenvalue weighted by molar-refractivity contribution is 0.0516. The third-order valence-electron chi connectivity index (χ3n) is 4.75. The van der Waals surface area contributed by atoms with Crippen LogP contribution in [0, 0.1) is 0 Å². The zero-order valence-corrected chi connectivity index (χ0v) is 14.7. The summed E-state index contributed by atoms with van der Waals surface area (Å²) in [5.41, 5.74) is 1.84. The Morgan fingerprint density at radius 2 is 1.92 bits per heavy atom. The second-order valence-electron chi connectivity index (χ2n) is 6.53. The van der Waals surface area contributed by atoms with Crippen LogP contribution in [0.3, 0.4) is 0 Å². The van der Waals surface area contributed by atoms with Crippen LogP contribution in [0.25, 0.3) is 0 Å². The summed E-state index contributed by atoms with van der Waals surface area (Å²) in [7, 11) is 0. The maximum Gasteiger partial charge on any atom is 0.270 e. The smallest absolute Gasteiger partial charge is 0.270 e. The zero-order chi connectivity index (χ0) is 17.6. The van der Waals surface area contributed by atoms with Gasteiger partial charge in [0, 0.05) is 57.9 Å². The predicted octanol–water partition coefficient (Wildman–Crippen LogP) is 1.46. The standard InChI is InChI=1S/C19H26N4O2/c1-2-17(24)15-21-10-12-22(13-11-21)19(25)18-4-3-9-23(18)14-16-5-7-20-8-6-16/h3-9,17,24H,2,10-15H2,1H3/t17-/m0/s1. The molecule has 6 nitrogen and oxygen atoms in total. The fourth-order valence-electron chi connectivity index (χ4n) is 3.15. The normalized spacial score (nSPS) is 16.8. The largest absolute Gasteiger partial charge is 0.392 e. The number of aromatic nitrogens is 2. The van der Waals surface area contributed by atoms with Gasteiger partial charge in [-0.15, -0.1) is 0 Å². The van der Waals surface area contributed by atoms with E-state index >= 15 is 0 Å². The number of nitrogens with zero attached hydrogens (tertiary/aromatic N) is 4. The van der Waals surface area contributed by atoms with E-state index < -0.39 is 0 Å². The van der Waals surface area contributed by atoms with Crippen LogP contribution in [-0.2, 0) is 6.54 Å². The van der Waals surface area contributed by atoms with E-state index in [2.05, 4.69) is 9.88 Å². The number of aliphatic hydroxyl groups is 1. The fourth-order valence-corrected chi connectivity index (χ4v) is 3.15. The van der Waals surface area contributed by atoms with Crippen molar-refractivity contribution in [2.24, 2.45) is 0 Å². The quantitative estimate of drug-likeness (QED) is 0.863. The Balaban J connectivity index is 1.60. The molecule has 1 aliphatic rings. The lowest BCUT2D eigenvalue weighted by atomic mass is 10.2. The first-order valence-electron chi connectivity index (χ1n) is 8.91. The van der Waals surface area contributed by atoms with Gasteiger partial charge in [-0.25, -0.2) is 0 Å². The number of rotatable bonds is 6. The molecular weight excluding hydrogens is 316 g/mol. The van der Waals surface area contributed by atoms with Crippen molar-refractivity contribution in [2.45, 2.75) is 26.0 Å². The molecular formula is C19H26N4O2. The summed E-state index contributed by atoms with van der Waals surface area (Å²) in [4.78, 5) is 21.1. The van der Waals surface area contributed by atoms with E-state index in [0.717, 1.165) is 30.8 Å². The molecule has 3 heterocycles. The van der Waals surface area contributed by atoms with Crippen molar-refractivity contribution in [1.29, 1.82) is 0 Å². The number of hydrogen-bond donors (Lipinski definition) is 1. The van der Waals surface area contributed by atoms with Gasteiger partial charge in [-0.3, -0.25) is 14.7 Å². The Bertz CT molecular complexity index is 678. The van der Waals surface area contributed by atoms with E-state index in [4.69, 9.17) is 0 Å². The van der Waals surface area contributed by atoms with Crippen molar-refractivity contribution in [2.75, 3.05) is 32.7 Å². The maximum absolute atomic E-state index is 12.9. The van der Waals surface area contributed by atoms with Crippen molar-refractivity contribution < 1.29 is 9.90 Å². The van der Waals surface area contributed by atoms with Crippen molar-refractivity contribution in [3.05, 3.63) is 54.1 Å². The van der Waals surface area contributed by atoms with E-state index in [0.29, 0.717) is 26.2 Å². The number of hydrogen-bond acceptors (Lipinski definition) is 4. The number of pyridine rings is 1. The average molecular weight is 342 g/mol.